The molecule has 0 fully saturated rings. The molecule has 80 valence electrons. The molecule has 0 aliphatic heterocycles. The van der Waals surface area contributed by atoms with Crippen LogP contribution in [-0.4, -0.2) is 24.1 Å². The van der Waals surface area contributed by atoms with E-state index in [1.165, 1.54) is 0 Å². The van der Waals surface area contributed by atoms with Gasteiger partial charge < -0.3 is 15.1 Å². The molecule has 0 bridgehead atoms. The molecule has 2 rings (SSSR count). The first kappa shape index (κ1) is 9.76. The van der Waals surface area contributed by atoms with Crippen LogP contribution in [-0.2, 0) is 0 Å². The fraction of sp³-hybridized carbons (Fsp3) is 0.400. The van der Waals surface area contributed by atoms with Crippen LogP contribution in [0, 0.1) is 13.8 Å². The lowest BCUT2D eigenvalue weighted by atomic mass is 10.2. The molecule has 2 aromatic rings. The van der Waals surface area contributed by atoms with E-state index in [1.807, 2.05) is 27.9 Å². The van der Waals surface area contributed by atoms with Crippen molar-refractivity contribution in [2.45, 2.75) is 13.8 Å². The van der Waals surface area contributed by atoms with Crippen LogP contribution in [0.3, 0.4) is 0 Å². The van der Waals surface area contributed by atoms with Crippen LogP contribution >= 0.6 is 0 Å². The van der Waals surface area contributed by atoms with Crippen molar-refractivity contribution in [1.29, 1.82) is 0 Å². The molecule has 2 aromatic heterocycles. The highest BCUT2D eigenvalue weighted by Crippen LogP contribution is 2.28. The molecule has 0 aromatic carbocycles. The van der Waals surface area contributed by atoms with E-state index < -0.39 is 0 Å². The van der Waals surface area contributed by atoms with Crippen molar-refractivity contribution < 1.29 is 4.42 Å². The first-order valence-corrected chi connectivity index (χ1v) is 4.71. The lowest BCUT2D eigenvalue weighted by molar-refractivity contribution is 0.564. The summed E-state index contributed by atoms with van der Waals surface area (Å²) in [6, 6.07) is 0. The maximum absolute atomic E-state index is 5.87. The number of aryl methyl sites for hydroxylation is 2. The molecule has 5 nitrogen and oxygen atoms in total. The second kappa shape index (κ2) is 3.12. The molecule has 0 atom stereocenters. The zero-order chi connectivity index (χ0) is 11.2. The molecule has 0 amide bonds. The van der Waals surface area contributed by atoms with Crippen LogP contribution in [0.5, 0.6) is 0 Å². The van der Waals surface area contributed by atoms with Crippen molar-refractivity contribution in [3.05, 3.63) is 11.3 Å². The van der Waals surface area contributed by atoms with Crippen molar-refractivity contribution in [3.63, 3.8) is 0 Å². The second-order valence-corrected chi connectivity index (χ2v) is 3.77. The Morgan fingerprint density at radius 2 is 1.87 bits per heavy atom. The van der Waals surface area contributed by atoms with E-state index in [0.29, 0.717) is 17.5 Å². The Balaban J connectivity index is 2.78. The summed E-state index contributed by atoms with van der Waals surface area (Å²) >= 11 is 0. The van der Waals surface area contributed by atoms with Crippen LogP contribution in [0.15, 0.2) is 4.42 Å². The fourth-order valence-corrected chi connectivity index (χ4v) is 1.47. The van der Waals surface area contributed by atoms with Gasteiger partial charge >= 0.3 is 0 Å². The lowest BCUT2D eigenvalue weighted by Gasteiger charge is -2.09. The summed E-state index contributed by atoms with van der Waals surface area (Å²) in [7, 11) is 3.73. The molecular weight excluding hydrogens is 192 g/mol. The highest BCUT2D eigenvalue weighted by molar-refractivity contribution is 5.89. The molecule has 0 unspecified atom stereocenters. The summed E-state index contributed by atoms with van der Waals surface area (Å²) in [6.45, 7) is 3.85. The summed E-state index contributed by atoms with van der Waals surface area (Å²) in [6.07, 6.45) is 0. The Hall–Kier alpha value is -1.78. The monoisotopic (exact) mass is 206 g/mol. The number of nitrogens with zero attached hydrogens (tertiary/aromatic N) is 3. The summed E-state index contributed by atoms with van der Waals surface area (Å²) in [5.41, 5.74) is 7.44. The van der Waals surface area contributed by atoms with Gasteiger partial charge in [0.1, 0.15) is 11.6 Å². The highest BCUT2D eigenvalue weighted by atomic mass is 16.3. The summed E-state index contributed by atoms with van der Waals surface area (Å²) in [5.74, 6) is 1.87. The van der Waals surface area contributed by atoms with Gasteiger partial charge in [0.25, 0.3) is 0 Å². The van der Waals surface area contributed by atoms with Gasteiger partial charge in [-0.3, -0.25) is 0 Å². The summed E-state index contributed by atoms with van der Waals surface area (Å²) in [4.78, 5) is 10.3. The van der Waals surface area contributed by atoms with E-state index >= 15 is 0 Å². The third kappa shape index (κ3) is 1.40. The molecule has 2 heterocycles. The highest BCUT2D eigenvalue weighted by Gasteiger charge is 2.14. The molecule has 0 aliphatic carbocycles. The minimum Gasteiger partial charge on any atom is -0.443 e. The smallest absolute Gasteiger partial charge is 0.233 e. The first-order chi connectivity index (χ1) is 7.00. The average molecular weight is 206 g/mol. The standard InChI is InChI=1S/C10H14N4O/c1-5-6(2)15-9-7(5)8(11)12-10(13-9)14(3)4/h1-4H3,(H2,11,12,13). The number of nitrogen functional groups attached to an aromatic ring is 1. The number of furan rings is 1. The van der Waals surface area contributed by atoms with Gasteiger partial charge in [-0.1, -0.05) is 0 Å². The van der Waals surface area contributed by atoms with Gasteiger partial charge in [0.2, 0.25) is 11.7 Å². The molecule has 0 aliphatic rings. The van der Waals surface area contributed by atoms with Gasteiger partial charge in [-0.25, -0.2) is 0 Å². The van der Waals surface area contributed by atoms with Crippen molar-refractivity contribution >= 4 is 22.9 Å². The van der Waals surface area contributed by atoms with Crippen LogP contribution in [0.25, 0.3) is 11.1 Å². The molecule has 15 heavy (non-hydrogen) atoms. The predicted octanol–water partition coefficient (Wildman–Crippen LogP) is 1.49. The maximum Gasteiger partial charge on any atom is 0.233 e. The molecule has 5 heteroatoms. The molecular formula is C10H14N4O. The van der Waals surface area contributed by atoms with Gasteiger partial charge in [0.15, 0.2) is 0 Å². The van der Waals surface area contributed by atoms with E-state index in [9.17, 15) is 0 Å². The van der Waals surface area contributed by atoms with E-state index in [-0.39, 0.29) is 0 Å². The average Bonchev–Trinajstić information content (AvgIpc) is 2.42. The number of aromatic nitrogens is 2. The van der Waals surface area contributed by atoms with Gasteiger partial charge in [-0.05, 0) is 13.8 Å². The summed E-state index contributed by atoms with van der Waals surface area (Å²) < 4.78 is 5.51. The number of fused-ring (bicyclic) bond motifs is 1. The van der Waals surface area contributed by atoms with Crippen molar-refractivity contribution in [2.75, 3.05) is 24.7 Å². The Bertz CT molecular complexity index is 516. The van der Waals surface area contributed by atoms with Crippen molar-refractivity contribution in [3.8, 4) is 0 Å². The number of anilines is 2. The van der Waals surface area contributed by atoms with Gasteiger partial charge in [0.05, 0.1) is 5.39 Å². The fourth-order valence-electron chi connectivity index (χ4n) is 1.47. The quantitative estimate of drug-likeness (QED) is 0.765. The van der Waals surface area contributed by atoms with Crippen molar-refractivity contribution in [1.82, 2.24) is 9.97 Å². The Morgan fingerprint density at radius 3 is 2.47 bits per heavy atom. The van der Waals surface area contributed by atoms with Crippen LogP contribution in [0.4, 0.5) is 11.8 Å². The SMILES string of the molecule is Cc1oc2nc(N(C)C)nc(N)c2c1C. The zero-order valence-electron chi connectivity index (χ0n) is 9.33. The minimum absolute atomic E-state index is 0.470. The second-order valence-electron chi connectivity index (χ2n) is 3.77. The normalized spacial score (nSPS) is 10.9. The van der Waals surface area contributed by atoms with E-state index in [4.69, 9.17) is 10.2 Å². The summed E-state index contributed by atoms with van der Waals surface area (Å²) in [5, 5.41) is 0.818. The number of rotatable bonds is 1. The van der Waals surface area contributed by atoms with Crippen LogP contribution in [0.2, 0.25) is 0 Å². The zero-order valence-corrected chi connectivity index (χ0v) is 9.33. The Kier molecular flexibility index (Phi) is 2.03. The van der Waals surface area contributed by atoms with E-state index in [2.05, 4.69) is 9.97 Å². The lowest BCUT2D eigenvalue weighted by Crippen LogP contribution is -2.13. The molecule has 0 saturated carbocycles. The maximum atomic E-state index is 5.87. The third-order valence-corrected chi connectivity index (χ3v) is 2.44. The van der Waals surface area contributed by atoms with Gasteiger partial charge in [-0.15, -0.1) is 0 Å². The molecule has 0 saturated heterocycles. The Morgan fingerprint density at radius 1 is 1.20 bits per heavy atom. The molecule has 0 radical (unpaired) electrons. The number of hydrogen-bond acceptors (Lipinski definition) is 5. The van der Waals surface area contributed by atoms with Crippen LogP contribution in [0.1, 0.15) is 11.3 Å². The minimum atomic E-state index is 0.470. The first-order valence-electron chi connectivity index (χ1n) is 4.71. The third-order valence-electron chi connectivity index (χ3n) is 2.44. The van der Waals surface area contributed by atoms with E-state index in [1.54, 1.807) is 4.90 Å². The van der Waals surface area contributed by atoms with Crippen LogP contribution < -0.4 is 10.6 Å². The molecule has 2 N–H and O–H groups in total. The van der Waals surface area contributed by atoms with Crippen molar-refractivity contribution in [2.24, 2.45) is 0 Å². The van der Waals surface area contributed by atoms with E-state index in [0.717, 1.165) is 16.7 Å². The number of nitrogens with two attached hydrogens (primary N) is 1. The Labute approximate surface area is 87.9 Å². The van der Waals surface area contributed by atoms with Gasteiger partial charge in [-0.2, -0.15) is 9.97 Å². The topological polar surface area (TPSA) is 68.2 Å². The predicted molar refractivity (Wildman–Crippen MR) is 60.0 cm³/mol. The van der Waals surface area contributed by atoms with Gasteiger partial charge in [0, 0.05) is 19.7 Å². The number of hydrogen-bond donors (Lipinski definition) is 1. The molecule has 0 spiro atoms. The largest absolute Gasteiger partial charge is 0.443 e.